The second-order valence-electron chi connectivity index (χ2n) is 3.89. The van der Waals surface area contributed by atoms with E-state index in [0.717, 1.165) is 0 Å². The zero-order chi connectivity index (χ0) is 13.0. The first-order valence-electron chi connectivity index (χ1n) is 5.20. The van der Waals surface area contributed by atoms with Gasteiger partial charge in [-0.3, -0.25) is 0 Å². The molecule has 17 heavy (non-hydrogen) atoms. The van der Waals surface area contributed by atoms with Gasteiger partial charge in [-0.15, -0.1) is 0 Å². The maximum atomic E-state index is 10.7. The van der Waals surface area contributed by atoms with Crippen LogP contribution in [0.3, 0.4) is 0 Å². The molecule has 1 aromatic heterocycles. The van der Waals surface area contributed by atoms with Crippen LogP contribution in [0.5, 0.6) is 0 Å². The highest BCUT2D eigenvalue weighted by Gasteiger charge is 2.12. The highest BCUT2D eigenvalue weighted by atomic mass is 35.5. The molecule has 0 fully saturated rings. The lowest BCUT2D eigenvalue weighted by Gasteiger charge is -2.20. The second-order valence-corrected chi connectivity index (χ2v) is 4.30. The normalized spacial score (nSPS) is 12.2. The predicted octanol–water partition coefficient (Wildman–Crippen LogP) is 1.64. The number of nitrogens with zero attached hydrogens (tertiary/aromatic N) is 2. The summed E-state index contributed by atoms with van der Waals surface area (Å²) in [7, 11) is 1.79. The summed E-state index contributed by atoms with van der Waals surface area (Å²) >= 11 is 5.95. The van der Waals surface area contributed by atoms with Crippen LogP contribution in [0.1, 0.15) is 23.7 Å². The minimum Gasteiger partial charge on any atom is -0.478 e. The van der Waals surface area contributed by atoms with Crippen LogP contribution in [0.25, 0.3) is 0 Å². The molecule has 0 aliphatic heterocycles. The van der Waals surface area contributed by atoms with Gasteiger partial charge >= 0.3 is 5.97 Å². The molecule has 0 aliphatic rings. The molecule has 6 heteroatoms. The van der Waals surface area contributed by atoms with Gasteiger partial charge in [0.15, 0.2) is 0 Å². The van der Waals surface area contributed by atoms with E-state index in [9.17, 15) is 9.90 Å². The van der Waals surface area contributed by atoms with E-state index in [-0.39, 0.29) is 10.6 Å². The van der Waals surface area contributed by atoms with Gasteiger partial charge in [0.25, 0.3) is 0 Å². The number of carboxylic acids is 1. The molecule has 1 heterocycles. The summed E-state index contributed by atoms with van der Waals surface area (Å²) in [6.45, 7) is 2.30. The fourth-order valence-electron chi connectivity index (χ4n) is 1.31. The van der Waals surface area contributed by atoms with Crippen LogP contribution in [0.2, 0.25) is 5.02 Å². The van der Waals surface area contributed by atoms with Gasteiger partial charge in [0, 0.05) is 19.8 Å². The van der Waals surface area contributed by atoms with Crippen LogP contribution in [0, 0.1) is 0 Å². The summed E-state index contributed by atoms with van der Waals surface area (Å²) in [5, 5.41) is 18.2. The van der Waals surface area contributed by atoms with E-state index >= 15 is 0 Å². The Kier molecular flexibility index (Phi) is 4.72. The summed E-state index contributed by atoms with van der Waals surface area (Å²) in [6, 6.07) is 1.37. The molecule has 0 bridgehead atoms. The maximum Gasteiger partial charge on any atom is 0.337 e. The standard InChI is InChI=1S/C11H15ClN2O3/c1-7(15)3-4-14(2)10-9(12)5-8(6-13-10)11(16)17/h5-7,15H,3-4H2,1-2H3,(H,16,17). The largest absolute Gasteiger partial charge is 0.478 e. The molecule has 0 saturated carbocycles. The van der Waals surface area contributed by atoms with Crippen molar-refractivity contribution in [1.82, 2.24) is 4.98 Å². The molecule has 2 N–H and O–H groups in total. The van der Waals surface area contributed by atoms with Crippen molar-refractivity contribution in [2.45, 2.75) is 19.4 Å². The summed E-state index contributed by atoms with van der Waals surface area (Å²) < 4.78 is 0. The summed E-state index contributed by atoms with van der Waals surface area (Å²) in [5.41, 5.74) is 0.0580. The molecule has 1 rings (SSSR count). The van der Waals surface area contributed by atoms with Crippen molar-refractivity contribution in [2.24, 2.45) is 0 Å². The monoisotopic (exact) mass is 258 g/mol. The van der Waals surface area contributed by atoms with Crippen molar-refractivity contribution >= 4 is 23.4 Å². The third-order valence-corrected chi connectivity index (χ3v) is 2.59. The number of aromatic carboxylic acids is 1. The molecule has 1 aromatic rings. The molecule has 1 unspecified atom stereocenters. The zero-order valence-corrected chi connectivity index (χ0v) is 10.5. The van der Waals surface area contributed by atoms with Crippen molar-refractivity contribution < 1.29 is 15.0 Å². The minimum absolute atomic E-state index is 0.0580. The van der Waals surface area contributed by atoms with Crippen LogP contribution < -0.4 is 4.90 Å². The summed E-state index contributed by atoms with van der Waals surface area (Å²) in [5.74, 6) is -0.546. The number of hydrogen-bond donors (Lipinski definition) is 2. The Bertz CT molecular complexity index is 410. The molecule has 0 radical (unpaired) electrons. The average molecular weight is 259 g/mol. The minimum atomic E-state index is -1.06. The number of anilines is 1. The number of rotatable bonds is 5. The lowest BCUT2D eigenvalue weighted by molar-refractivity contribution is 0.0696. The van der Waals surface area contributed by atoms with E-state index in [2.05, 4.69) is 4.98 Å². The first kappa shape index (κ1) is 13.7. The molecule has 0 spiro atoms. The van der Waals surface area contributed by atoms with Crippen molar-refractivity contribution in [3.8, 4) is 0 Å². The Balaban J connectivity index is 2.81. The average Bonchev–Trinajstić information content (AvgIpc) is 2.25. The molecule has 94 valence electrons. The number of pyridine rings is 1. The highest BCUT2D eigenvalue weighted by Crippen LogP contribution is 2.23. The van der Waals surface area contributed by atoms with E-state index in [1.807, 2.05) is 0 Å². The van der Waals surface area contributed by atoms with Crippen LogP contribution in [-0.4, -0.2) is 40.9 Å². The number of aromatic nitrogens is 1. The first-order chi connectivity index (χ1) is 7.91. The van der Waals surface area contributed by atoms with Gasteiger partial charge in [-0.05, 0) is 19.4 Å². The lowest BCUT2D eigenvalue weighted by atomic mass is 10.2. The van der Waals surface area contributed by atoms with E-state index < -0.39 is 12.1 Å². The van der Waals surface area contributed by atoms with E-state index in [0.29, 0.717) is 18.8 Å². The number of carbonyl (C=O) groups is 1. The van der Waals surface area contributed by atoms with Crippen molar-refractivity contribution in [3.63, 3.8) is 0 Å². The molecule has 0 amide bonds. The summed E-state index contributed by atoms with van der Waals surface area (Å²) in [6.07, 6.45) is 1.46. The Morgan fingerprint density at radius 2 is 2.29 bits per heavy atom. The molecule has 1 atom stereocenters. The number of aliphatic hydroxyl groups excluding tert-OH is 1. The maximum absolute atomic E-state index is 10.7. The van der Waals surface area contributed by atoms with Gasteiger partial charge < -0.3 is 15.1 Å². The quantitative estimate of drug-likeness (QED) is 0.840. The summed E-state index contributed by atoms with van der Waals surface area (Å²) in [4.78, 5) is 16.5. The van der Waals surface area contributed by atoms with Crippen molar-refractivity contribution in [2.75, 3.05) is 18.5 Å². The van der Waals surface area contributed by atoms with E-state index in [1.54, 1.807) is 18.9 Å². The Morgan fingerprint density at radius 3 is 2.76 bits per heavy atom. The number of carboxylic acid groups (broad SMARTS) is 1. The SMILES string of the molecule is CC(O)CCN(C)c1ncc(C(=O)O)cc1Cl. The van der Waals surface area contributed by atoms with Crippen molar-refractivity contribution in [1.29, 1.82) is 0 Å². The zero-order valence-electron chi connectivity index (χ0n) is 9.72. The molecule has 0 aromatic carbocycles. The van der Waals surface area contributed by atoms with Crippen LogP contribution in [0.15, 0.2) is 12.3 Å². The van der Waals surface area contributed by atoms with Gasteiger partial charge in [0.05, 0.1) is 16.7 Å². The van der Waals surface area contributed by atoms with Gasteiger partial charge in [0.2, 0.25) is 0 Å². The Hall–Kier alpha value is -1.33. The Labute approximate surface area is 105 Å². The fraction of sp³-hybridized carbons (Fsp3) is 0.455. The second kappa shape index (κ2) is 5.84. The highest BCUT2D eigenvalue weighted by molar-refractivity contribution is 6.33. The van der Waals surface area contributed by atoms with E-state index in [4.69, 9.17) is 16.7 Å². The third-order valence-electron chi connectivity index (χ3n) is 2.31. The molecule has 0 aliphatic carbocycles. The lowest BCUT2D eigenvalue weighted by Crippen LogP contribution is -2.23. The topological polar surface area (TPSA) is 73.7 Å². The van der Waals surface area contributed by atoms with Gasteiger partial charge in [-0.2, -0.15) is 0 Å². The van der Waals surface area contributed by atoms with Crippen molar-refractivity contribution in [3.05, 3.63) is 22.8 Å². The first-order valence-corrected chi connectivity index (χ1v) is 5.57. The third kappa shape index (κ3) is 3.87. The van der Waals surface area contributed by atoms with Gasteiger partial charge in [-0.1, -0.05) is 11.6 Å². The molecule has 0 saturated heterocycles. The molecule has 5 nitrogen and oxygen atoms in total. The number of aliphatic hydroxyl groups is 1. The number of hydrogen-bond acceptors (Lipinski definition) is 4. The smallest absolute Gasteiger partial charge is 0.337 e. The predicted molar refractivity (Wildman–Crippen MR) is 65.8 cm³/mol. The van der Waals surface area contributed by atoms with Gasteiger partial charge in [-0.25, -0.2) is 9.78 Å². The fourth-order valence-corrected chi connectivity index (χ4v) is 1.63. The molecular weight excluding hydrogens is 244 g/mol. The van der Waals surface area contributed by atoms with Crippen LogP contribution in [-0.2, 0) is 0 Å². The van der Waals surface area contributed by atoms with Crippen LogP contribution >= 0.6 is 11.6 Å². The Morgan fingerprint density at radius 1 is 1.65 bits per heavy atom. The van der Waals surface area contributed by atoms with Gasteiger partial charge in [0.1, 0.15) is 5.82 Å². The number of halogens is 1. The van der Waals surface area contributed by atoms with E-state index in [1.165, 1.54) is 12.3 Å². The van der Waals surface area contributed by atoms with Crippen LogP contribution in [0.4, 0.5) is 5.82 Å². The molecular formula is C11H15ClN2O3.